The zero-order valence-corrected chi connectivity index (χ0v) is 9.95. The summed E-state index contributed by atoms with van der Waals surface area (Å²) in [5.41, 5.74) is 0.248. The third-order valence-electron chi connectivity index (χ3n) is 1.98. The van der Waals surface area contributed by atoms with E-state index in [9.17, 15) is 17.2 Å². The van der Waals surface area contributed by atoms with Crippen molar-refractivity contribution in [2.75, 3.05) is 5.32 Å². The number of nitrogens with zero attached hydrogens (tertiary/aromatic N) is 2. The third-order valence-corrected chi connectivity index (χ3v) is 2.79. The molecule has 0 aliphatic heterocycles. The third kappa shape index (κ3) is 3.42. The van der Waals surface area contributed by atoms with Crippen LogP contribution in [0.25, 0.3) is 0 Å². The van der Waals surface area contributed by atoms with Crippen molar-refractivity contribution in [1.82, 2.24) is 9.97 Å². The Labute approximate surface area is 106 Å². The molecule has 0 amide bonds. The molecular weight excluding hydrogens is 280 g/mol. The van der Waals surface area contributed by atoms with Gasteiger partial charge in [0.2, 0.25) is 17.8 Å². The molecule has 2 aromatic rings. The van der Waals surface area contributed by atoms with E-state index < -0.39 is 26.9 Å². The van der Waals surface area contributed by atoms with E-state index in [0.717, 1.165) is 12.1 Å². The fraction of sp³-hybridized carbons (Fsp3) is 0. The second-order valence-electron chi connectivity index (χ2n) is 3.38. The molecule has 0 bridgehead atoms. The van der Waals surface area contributed by atoms with Crippen molar-refractivity contribution in [3.05, 3.63) is 42.2 Å². The fourth-order valence-corrected chi connectivity index (χ4v) is 1.67. The molecule has 0 fully saturated rings. The Morgan fingerprint density at radius 1 is 1.21 bits per heavy atom. The highest BCUT2D eigenvalue weighted by atomic mass is 32.2. The molecule has 1 heterocycles. The van der Waals surface area contributed by atoms with Crippen molar-refractivity contribution in [2.45, 2.75) is 4.90 Å². The molecule has 0 aliphatic carbocycles. The number of rotatable bonds is 3. The van der Waals surface area contributed by atoms with Gasteiger partial charge >= 0.3 is 0 Å². The summed E-state index contributed by atoms with van der Waals surface area (Å²) in [6.07, 6.45) is 0. The van der Waals surface area contributed by atoms with Crippen LogP contribution in [0.4, 0.5) is 20.4 Å². The predicted molar refractivity (Wildman–Crippen MR) is 60.3 cm³/mol. The summed E-state index contributed by atoms with van der Waals surface area (Å²) in [4.78, 5) is 6.15. The van der Waals surface area contributed by atoms with E-state index in [1.165, 1.54) is 6.07 Å². The number of anilines is 2. The first-order valence-electron chi connectivity index (χ1n) is 4.81. The first-order chi connectivity index (χ1) is 8.84. The van der Waals surface area contributed by atoms with Crippen molar-refractivity contribution >= 4 is 21.8 Å². The van der Waals surface area contributed by atoms with Gasteiger partial charge in [0.25, 0.3) is 10.1 Å². The zero-order chi connectivity index (χ0) is 14.0. The molecule has 1 aromatic heterocycles. The van der Waals surface area contributed by atoms with Gasteiger partial charge in [-0.25, -0.2) is 0 Å². The molecule has 0 saturated carbocycles. The van der Waals surface area contributed by atoms with Gasteiger partial charge in [-0.3, -0.25) is 4.55 Å². The maximum atomic E-state index is 12.8. The van der Waals surface area contributed by atoms with Crippen LogP contribution < -0.4 is 5.32 Å². The molecule has 99 valence electrons. The van der Waals surface area contributed by atoms with Crippen LogP contribution in [0.2, 0.25) is 0 Å². The summed E-state index contributed by atoms with van der Waals surface area (Å²) in [5.74, 6) is -2.42. The van der Waals surface area contributed by atoms with Gasteiger partial charge in [0.05, 0.1) is 0 Å². The minimum Gasteiger partial charge on any atom is -0.324 e. The number of nitrogens with one attached hydrogen (secondary N) is 1. The Balaban J connectivity index is 2.24. The monoisotopic (exact) mass is 286 g/mol. The van der Waals surface area contributed by atoms with Crippen LogP contribution in [0, 0.1) is 18.0 Å². The average Bonchev–Trinajstić information content (AvgIpc) is 2.26. The molecule has 1 radical (unpaired) electrons. The molecule has 2 N–H and O–H groups in total. The second kappa shape index (κ2) is 4.86. The standard InChI is InChI=1S/C10H6F2N3O3S/c11-8-5-9(12)15-10(14-8)13-6-1-3-7(4-2-6)19(16,17)18/h1-3,5H,(H,13,14,15)(H,16,17,18). The second-order valence-corrected chi connectivity index (χ2v) is 4.77. The quantitative estimate of drug-likeness (QED) is 0.657. The van der Waals surface area contributed by atoms with Gasteiger partial charge in [0.1, 0.15) is 4.90 Å². The number of halogens is 2. The van der Waals surface area contributed by atoms with Gasteiger partial charge in [-0.05, 0) is 18.2 Å². The molecule has 0 atom stereocenters. The lowest BCUT2D eigenvalue weighted by atomic mass is 10.3. The van der Waals surface area contributed by atoms with E-state index in [1.54, 1.807) is 0 Å². The van der Waals surface area contributed by atoms with Crippen LogP contribution in [0.1, 0.15) is 0 Å². The maximum absolute atomic E-state index is 12.8. The van der Waals surface area contributed by atoms with Crippen molar-refractivity contribution in [1.29, 1.82) is 0 Å². The van der Waals surface area contributed by atoms with Crippen molar-refractivity contribution in [3.8, 4) is 0 Å². The van der Waals surface area contributed by atoms with Crippen LogP contribution in [0.5, 0.6) is 0 Å². The van der Waals surface area contributed by atoms with E-state index in [0.29, 0.717) is 6.07 Å². The molecule has 2 rings (SSSR count). The van der Waals surface area contributed by atoms with Gasteiger partial charge in [0.15, 0.2) is 0 Å². The molecular formula is C10H6F2N3O3S. The minimum absolute atomic E-state index is 0.248. The Bertz CT molecular complexity index is 684. The first-order valence-corrected chi connectivity index (χ1v) is 6.25. The highest BCUT2D eigenvalue weighted by molar-refractivity contribution is 7.85. The SMILES string of the molecule is O=S(=O)(O)c1[c]cc(Nc2nc(F)cc(F)n2)cc1. The van der Waals surface area contributed by atoms with Crippen LogP contribution in [0.15, 0.2) is 29.2 Å². The summed E-state index contributed by atoms with van der Waals surface area (Å²) in [5, 5.41) is 2.45. The average molecular weight is 286 g/mol. The molecule has 19 heavy (non-hydrogen) atoms. The number of hydrogen-bond donors (Lipinski definition) is 2. The van der Waals surface area contributed by atoms with E-state index in [2.05, 4.69) is 21.4 Å². The highest BCUT2D eigenvalue weighted by Crippen LogP contribution is 2.16. The summed E-state index contributed by atoms with van der Waals surface area (Å²) >= 11 is 0. The smallest absolute Gasteiger partial charge is 0.295 e. The van der Waals surface area contributed by atoms with Crippen molar-refractivity contribution in [3.63, 3.8) is 0 Å². The van der Waals surface area contributed by atoms with Gasteiger partial charge in [-0.15, -0.1) is 0 Å². The van der Waals surface area contributed by atoms with Gasteiger partial charge < -0.3 is 5.32 Å². The lowest BCUT2D eigenvalue weighted by Crippen LogP contribution is -2.02. The Kier molecular flexibility index (Phi) is 3.40. The molecule has 0 saturated heterocycles. The molecule has 9 heteroatoms. The maximum Gasteiger partial charge on any atom is 0.295 e. The van der Waals surface area contributed by atoms with Crippen molar-refractivity contribution < 1.29 is 21.8 Å². The van der Waals surface area contributed by atoms with Crippen LogP contribution >= 0.6 is 0 Å². The first kappa shape index (κ1) is 13.3. The fourth-order valence-electron chi connectivity index (χ4n) is 1.22. The summed E-state index contributed by atoms with van der Waals surface area (Å²) < 4.78 is 55.9. The minimum atomic E-state index is -4.34. The lowest BCUT2D eigenvalue weighted by molar-refractivity contribution is 0.483. The predicted octanol–water partition coefficient (Wildman–Crippen LogP) is 1.55. The van der Waals surface area contributed by atoms with Crippen LogP contribution in [-0.4, -0.2) is 22.9 Å². The van der Waals surface area contributed by atoms with E-state index in [1.807, 2.05) is 0 Å². The van der Waals surface area contributed by atoms with Crippen LogP contribution in [0.3, 0.4) is 0 Å². The van der Waals surface area contributed by atoms with E-state index in [4.69, 9.17) is 4.55 Å². The molecule has 1 aromatic carbocycles. The number of hydrogen-bond acceptors (Lipinski definition) is 5. The molecule has 0 unspecified atom stereocenters. The molecule has 6 nitrogen and oxygen atoms in total. The Morgan fingerprint density at radius 2 is 1.84 bits per heavy atom. The molecule has 0 aliphatic rings. The van der Waals surface area contributed by atoms with Gasteiger partial charge in [-0.2, -0.15) is 27.2 Å². The van der Waals surface area contributed by atoms with E-state index >= 15 is 0 Å². The normalized spacial score (nSPS) is 11.3. The van der Waals surface area contributed by atoms with Crippen LogP contribution in [-0.2, 0) is 10.1 Å². The summed E-state index contributed by atoms with van der Waals surface area (Å²) in [7, 11) is -4.34. The Hall–Kier alpha value is -2.13. The molecule has 0 spiro atoms. The lowest BCUT2D eigenvalue weighted by Gasteiger charge is -2.04. The summed E-state index contributed by atoms with van der Waals surface area (Å²) in [6.45, 7) is 0. The Morgan fingerprint density at radius 3 is 2.32 bits per heavy atom. The van der Waals surface area contributed by atoms with E-state index in [-0.39, 0.29) is 11.6 Å². The topological polar surface area (TPSA) is 92.2 Å². The zero-order valence-electron chi connectivity index (χ0n) is 9.13. The van der Waals surface area contributed by atoms with Gasteiger partial charge in [0, 0.05) is 17.8 Å². The van der Waals surface area contributed by atoms with Gasteiger partial charge in [-0.1, -0.05) is 0 Å². The van der Waals surface area contributed by atoms with Crippen molar-refractivity contribution in [2.24, 2.45) is 0 Å². The highest BCUT2D eigenvalue weighted by Gasteiger charge is 2.10. The largest absolute Gasteiger partial charge is 0.324 e. The number of aromatic nitrogens is 2. The summed E-state index contributed by atoms with van der Waals surface area (Å²) in [6, 6.07) is 6.28. The number of benzene rings is 1.